The third-order valence-electron chi connectivity index (χ3n) is 7.10. The molecule has 1 fully saturated rings. The Morgan fingerprint density at radius 2 is 1.37 bits per heavy atom. The minimum Gasteiger partial charge on any atom is -0.439 e. The molecule has 0 spiro atoms. The van der Waals surface area contributed by atoms with E-state index in [1.165, 1.54) is 13.0 Å². The van der Waals surface area contributed by atoms with Crippen molar-refractivity contribution in [2.45, 2.75) is 63.9 Å². The zero-order valence-electron chi connectivity index (χ0n) is 22.5. The summed E-state index contributed by atoms with van der Waals surface area (Å²) in [5.74, 6) is -0.978. The van der Waals surface area contributed by atoms with Gasteiger partial charge in [-0.05, 0) is 77.6 Å². The van der Waals surface area contributed by atoms with Gasteiger partial charge in [-0.15, -0.1) is 0 Å². The summed E-state index contributed by atoms with van der Waals surface area (Å²) in [5, 5.41) is -0.138. The Morgan fingerprint density at radius 1 is 0.814 bits per heavy atom. The molecule has 3 aromatic carbocycles. The molecule has 4 rings (SSSR count). The van der Waals surface area contributed by atoms with Gasteiger partial charge in [-0.2, -0.15) is 39.5 Å². The van der Waals surface area contributed by atoms with E-state index in [4.69, 9.17) is 16.3 Å². The number of alkyl halides is 9. The normalized spacial score (nSPS) is 18.0. The van der Waals surface area contributed by atoms with Crippen molar-refractivity contribution in [3.63, 3.8) is 0 Å². The Balaban J connectivity index is 1.80. The quantitative estimate of drug-likeness (QED) is 0.260. The molecule has 1 aliphatic rings. The van der Waals surface area contributed by atoms with Gasteiger partial charge < -0.3 is 4.74 Å². The van der Waals surface area contributed by atoms with Gasteiger partial charge in [0.05, 0.1) is 34.3 Å². The fourth-order valence-electron chi connectivity index (χ4n) is 4.86. The number of hydrogen-bond acceptors (Lipinski definition) is 2. The van der Waals surface area contributed by atoms with Crippen LogP contribution >= 0.6 is 11.6 Å². The molecular weight excluding hydrogens is 620 g/mol. The monoisotopic (exact) mass is 641 g/mol. The van der Waals surface area contributed by atoms with Crippen LogP contribution in [0.4, 0.5) is 48.7 Å². The lowest BCUT2D eigenvalue weighted by Gasteiger charge is -2.24. The number of halogens is 11. The molecule has 1 saturated heterocycles. The van der Waals surface area contributed by atoms with Gasteiger partial charge in [0.2, 0.25) is 0 Å². The van der Waals surface area contributed by atoms with Crippen LogP contribution in [-0.4, -0.2) is 17.0 Å². The Hall–Kier alpha value is -3.48. The van der Waals surface area contributed by atoms with Crippen LogP contribution in [0.3, 0.4) is 0 Å². The topological polar surface area (TPSA) is 29.5 Å². The third-order valence-corrected chi connectivity index (χ3v) is 7.42. The molecule has 0 bridgehead atoms. The maximum absolute atomic E-state index is 14.5. The zero-order chi connectivity index (χ0) is 32.2. The second kappa shape index (κ2) is 11.2. The lowest BCUT2D eigenvalue weighted by atomic mass is 9.92. The highest BCUT2D eigenvalue weighted by atomic mass is 35.5. The number of carbonyl (C=O) groups excluding carboxylic acids is 1. The summed E-state index contributed by atoms with van der Waals surface area (Å²) in [5.41, 5.74) is -4.60. The van der Waals surface area contributed by atoms with Crippen molar-refractivity contribution < 1.29 is 53.4 Å². The van der Waals surface area contributed by atoms with E-state index in [1.807, 2.05) is 0 Å². The maximum atomic E-state index is 14.5. The van der Waals surface area contributed by atoms with E-state index in [0.29, 0.717) is 12.1 Å². The molecule has 3 nitrogen and oxygen atoms in total. The fourth-order valence-corrected chi connectivity index (χ4v) is 5.12. The van der Waals surface area contributed by atoms with E-state index in [9.17, 15) is 48.7 Å². The van der Waals surface area contributed by atoms with Gasteiger partial charge in [-0.1, -0.05) is 31.5 Å². The number of carbonyl (C=O) groups is 1. The Bertz CT molecular complexity index is 1510. The first-order chi connectivity index (χ1) is 19.7. The van der Waals surface area contributed by atoms with Gasteiger partial charge in [0.25, 0.3) is 0 Å². The van der Waals surface area contributed by atoms with Crippen molar-refractivity contribution in [3.05, 3.63) is 92.8 Å². The predicted molar refractivity (Wildman–Crippen MR) is 137 cm³/mol. The fraction of sp³-hybridized carbons (Fsp3) is 0.345. The summed E-state index contributed by atoms with van der Waals surface area (Å²) in [4.78, 5) is 13.8. The molecule has 1 heterocycles. The smallest absolute Gasteiger partial charge is 0.416 e. The molecule has 3 aromatic rings. The highest BCUT2D eigenvalue weighted by molar-refractivity contribution is 6.33. The standard InChI is InChI=1S/C29H22ClF10NO2/c1-13(2)21-10-22(23(30)11-24(21)31)20-5-4-17(27(32,33)34)8-16(20)12-41-14(3)25(43-26(41)42)15-6-18(28(35,36)37)9-19(7-15)29(38,39)40/h4-11,13-14,25H,12H2,1-3H3/t14-,25-/m0/s1. The summed E-state index contributed by atoms with van der Waals surface area (Å²) in [6, 6.07) is 4.53. The summed E-state index contributed by atoms with van der Waals surface area (Å²) < 4.78 is 141. The first kappa shape index (κ1) is 32.4. The lowest BCUT2D eigenvalue weighted by Crippen LogP contribution is -2.32. The number of amides is 1. The van der Waals surface area contributed by atoms with Crippen molar-refractivity contribution in [1.82, 2.24) is 4.90 Å². The third kappa shape index (κ3) is 6.71. The molecule has 0 aromatic heterocycles. The molecule has 1 amide bonds. The van der Waals surface area contributed by atoms with E-state index in [2.05, 4.69) is 0 Å². The second-order valence-corrected chi connectivity index (χ2v) is 10.8. The number of cyclic esters (lactones) is 1. The molecule has 0 N–H and O–H groups in total. The van der Waals surface area contributed by atoms with Crippen LogP contribution in [0, 0.1) is 5.82 Å². The van der Waals surface area contributed by atoms with E-state index in [-0.39, 0.29) is 39.3 Å². The number of ether oxygens (including phenoxy) is 1. The van der Waals surface area contributed by atoms with Crippen molar-refractivity contribution >= 4 is 17.7 Å². The average Bonchev–Trinajstić information content (AvgIpc) is 3.15. The van der Waals surface area contributed by atoms with Gasteiger partial charge in [0.1, 0.15) is 11.9 Å². The van der Waals surface area contributed by atoms with Crippen LogP contribution in [0.1, 0.15) is 66.2 Å². The molecule has 43 heavy (non-hydrogen) atoms. The van der Waals surface area contributed by atoms with Gasteiger partial charge in [0, 0.05) is 5.56 Å². The zero-order valence-corrected chi connectivity index (χ0v) is 23.2. The summed E-state index contributed by atoms with van der Waals surface area (Å²) in [7, 11) is 0. The number of benzene rings is 3. The highest BCUT2D eigenvalue weighted by Gasteiger charge is 2.44. The van der Waals surface area contributed by atoms with Crippen LogP contribution in [0.15, 0.2) is 48.5 Å². The van der Waals surface area contributed by atoms with Crippen LogP contribution in [-0.2, 0) is 29.8 Å². The lowest BCUT2D eigenvalue weighted by molar-refractivity contribution is -0.143. The molecule has 0 aliphatic carbocycles. The predicted octanol–water partition coefficient (Wildman–Crippen LogP) is 10.4. The second-order valence-electron chi connectivity index (χ2n) is 10.4. The highest BCUT2D eigenvalue weighted by Crippen LogP contribution is 2.43. The van der Waals surface area contributed by atoms with E-state index < -0.39 is 71.4 Å². The SMILES string of the molecule is CC(C)c1cc(-c2ccc(C(F)(F)F)cc2CN2C(=O)O[C@H](c3cc(C(F)(F)F)cc(C(F)(F)F)c3)[C@@H]2C)c(Cl)cc1F. The van der Waals surface area contributed by atoms with E-state index in [1.54, 1.807) is 13.8 Å². The molecule has 0 radical (unpaired) electrons. The Morgan fingerprint density at radius 3 is 1.88 bits per heavy atom. The van der Waals surface area contributed by atoms with E-state index >= 15 is 0 Å². The summed E-state index contributed by atoms with van der Waals surface area (Å²) in [6.07, 6.45) is -17.9. The Labute approximate surface area is 244 Å². The Kier molecular flexibility index (Phi) is 8.46. The largest absolute Gasteiger partial charge is 0.439 e. The van der Waals surface area contributed by atoms with Crippen molar-refractivity contribution in [2.24, 2.45) is 0 Å². The molecule has 14 heteroatoms. The number of rotatable bonds is 5. The van der Waals surface area contributed by atoms with Crippen molar-refractivity contribution in [3.8, 4) is 11.1 Å². The molecule has 2 atom stereocenters. The minimum atomic E-state index is -5.16. The number of nitrogens with zero attached hydrogens (tertiary/aromatic N) is 1. The van der Waals surface area contributed by atoms with E-state index in [0.717, 1.165) is 29.2 Å². The molecule has 232 valence electrons. The average molecular weight is 642 g/mol. The van der Waals surface area contributed by atoms with Gasteiger partial charge in [0.15, 0.2) is 0 Å². The van der Waals surface area contributed by atoms with Gasteiger partial charge in [-0.3, -0.25) is 4.90 Å². The molecule has 0 unspecified atom stereocenters. The molecular formula is C29H22ClF10NO2. The van der Waals surface area contributed by atoms with Crippen LogP contribution in [0.25, 0.3) is 11.1 Å². The minimum absolute atomic E-state index is 0.0739. The summed E-state index contributed by atoms with van der Waals surface area (Å²) >= 11 is 6.27. The number of hydrogen-bond donors (Lipinski definition) is 0. The van der Waals surface area contributed by atoms with Crippen molar-refractivity contribution in [1.29, 1.82) is 0 Å². The first-order valence-electron chi connectivity index (χ1n) is 12.6. The van der Waals surface area contributed by atoms with Crippen LogP contribution in [0.2, 0.25) is 5.02 Å². The maximum Gasteiger partial charge on any atom is 0.416 e. The first-order valence-corrected chi connectivity index (χ1v) is 13.0. The van der Waals surface area contributed by atoms with Crippen LogP contribution in [0.5, 0.6) is 0 Å². The van der Waals surface area contributed by atoms with Gasteiger partial charge in [-0.25, -0.2) is 9.18 Å². The van der Waals surface area contributed by atoms with Crippen molar-refractivity contribution in [2.75, 3.05) is 0 Å². The van der Waals surface area contributed by atoms with Crippen LogP contribution < -0.4 is 0 Å². The molecule has 1 aliphatic heterocycles. The molecule has 0 saturated carbocycles. The summed E-state index contributed by atoms with van der Waals surface area (Å²) in [6.45, 7) is 4.05. The van der Waals surface area contributed by atoms with Gasteiger partial charge >= 0.3 is 24.6 Å².